The maximum atomic E-state index is 4.53. The highest BCUT2D eigenvalue weighted by Gasteiger charge is 2.09. The lowest BCUT2D eigenvalue weighted by Crippen LogP contribution is -2.28. The third-order valence-electron chi connectivity index (χ3n) is 3.04. The van der Waals surface area contributed by atoms with Crippen LogP contribution < -0.4 is 10.6 Å². The van der Waals surface area contributed by atoms with Crippen LogP contribution in [0, 0.1) is 6.92 Å². The Bertz CT molecular complexity index is 497. The standard InChI is InChI=1S/C12H18N4/c1-8-15-10-7-9(12(13-2)14-3)5-6-11(10)16(8)4/h5-7,12-14H,1-4H3. The first-order chi connectivity index (χ1) is 7.67. The van der Waals surface area contributed by atoms with E-state index in [9.17, 15) is 0 Å². The number of hydrogen-bond acceptors (Lipinski definition) is 3. The molecule has 16 heavy (non-hydrogen) atoms. The Kier molecular flexibility index (Phi) is 2.94. The van der Waals surface area contributed by atoms with Crippen LogP contribution in [-0.2, 0) is 7.05 Å². The fourth-order valence-corrected chi connectivity index (χ4v) is 1.99. The molecule has 1 aromatic heterocycles. The summed E-state index contributed by atoms with van der Waals surface area (Å²) in [5.74, 6) is 1.04. The summed E-state index contributed by atoms with van der Waals surface area (Å²) in [6, 6.07) is 6.37. The van der Waals surface area contributed by atoms with Crippen molar-refractivity contribution in [2.45, 2.75) is 13.1 Å². The van der Waals surface area contributed by atoms with Gasteiger partial charge in [-0.05, 0) is 38.7 Å². The van der Waals surface area contributed by atoms with Gasteiger partial charge >= 0.3 is 0 Å². The fraction of sp³-hybridized carbons (Fsp3) is 0.417. The first-order valence-electron chi connectivity index (χ1n) is 5.45. The number of aryl methyl sites for hydroxylation is 2. The summed E-state index contributed by atoms with van der Waals surface area (Å²) >= 11 is 0. The second-order valence-corrected chi connectivity index (χ2v) is 3.98. The van der Waals surface area contributed by atoms with Crippen LogP contribution in [0.5, 0.6) is 0 Å². The molecule has 0 fully saturated rings. The van der Waals surface area contributed by atoms with E-state index in [1.54, 1.807) is 0 Å². The van der Waals surface area contributed by atoms with Crippen LogP contribution >= 0.6 is 0 Å². The zero-order valence-electron chi connectivity index (χ0n) is 10.2. The molecule has 2 rings (SSSR count). The zero-order chi connectivity index (χ0) is 11.7. The first-order valence-corrected chi connectivity index (χ1v) is 5.45. The third kappa shape index (κ3) is 1.70. The molecule has 0 amide bonds. The smallest absolute Gasteiger partial charge is 0.106 e. The number of fused-ring (bicyclic) bond motifs is 1. The minimum atomic E-state index is 0.173. The molecule has 2 aromatic rings. The number of nitrogens with zero attached hydrogens (tertiary/aromatic N) is 2. The van der Waals surface area contributed by atoms with Crippen molar-refractivity contribution in [1.29, 1.82) is 0 Å². The minimum absolute atomic E-state index is 0.173. The van der Waals surface area contributed by atoms with E-state index >= 15 is 0 Å². The molecule has 86 valence electrons. The van der Waals surface area contributed by atoms with Gasteiger partial charge in [0.15, 0.2) is 0 Å². The van der Waals surface area contributed by atoms with E-state index in [-0.39, 0.29) is 6.17 Å². The Balaban J connectivity index is 2.52. The number of aromatic nitrogens is 2. The Morgan fingerprint density at radius 1 is 1.25 bits per heavy atom. The third-order valence-corrected chi connectivity index (χ3v) is 3.04. The average Bonchev–Trinajstić information content (AvgIpc) is 2.56. The molecule has 0 aliphatic carbocycles. The van der Waals surface area contributed by atoms with Crippen molar-refractivity contribution < 1.29 is 0 Å². The lowest BCUT2D eigenvalue weighted by atomic mass is 10.1. The van der Waals surface area contributed by atoms with Gasteiger partial charge in [-0.1, -0.05) is 6.07 Å². The van der Waals surface area contributed by atoms with Crippen LogP contribution in [0.1, 0.15) is 17.6 Å². The van der Waals surface area contributed by atoms with E-state index in [0.717, 1.165) is 11.3 Å². The topological polar surface area (TPSA) is 41.9 Å². The average molecular weight is 218 g/mol. The molecule has 2 N–H and O–H groups in total. The lowest BCUT2D eigenvalue weighted by molar-refractivity contribution is 0.520. The van der Waals surface area contributed by atoms with E-state index in [0.29, 0.717) is 0 Å². The van der Waals surface area contributed by atoms with Gasteiger partial charge in [-0.2, -0.15) is 0 Å². The normalized spacial score (nSPS) is 11.6. The summed E-state index contributed by atoms with van der Waals surface area (Å²) in [6.45, 7) is 2.02. The molecule has 0 radical (unpaired) electrons. The summed E-state index contributed by atoms with van der Waals surface area (Å²) in [6.07, 6.45) is 0.173. The molecule has 1 aromatic carbocycles. The van der Waals surface area contributed by atoms with Gasteiger partial charge in [-0.15, -0.1) is 0 Å². The monoisotopic (exact) mass is 218 g/mol. The van der Waals surface area contributed by atoms with Crippen LogP contribution in [0.4, 0.5) is 0 Å². The maximum absolute atomic E-state index is 4.53. The molecule has 4 nitrogen and oxygen atoms in total. The van der Waals surface area contributed by atoms with E-state index in [1.165, 1.54) is 11.1 Å². The largest absolute Gasteiger partial charge is 0.331 e. The van der Waals surface area contributed by atoms with Gasteiger partial charge < -0.3 is 15.2 Å². The van der Waals surface area contributed by atoms with E-state index in [2.05, 4.69) is 38.4 Å². The van der Waals surface area contributed by atoms with Crippen LogP contribution in [0.3, 0.4) is 0 Å². The molecule has 0 saturated heterocycles. The number of rotatable bonds is 3. The van der Waals surface area contributed by atoms with Gasteiger partial charge in [0.25, 0.3) is 0 Å². The van der Waals surface area contributed by atoms with Crippen molar-refractivity contribution in [3.05, 3.63) is 29.6 Å². The molecule has 0 atom stereocenters. The van der Waals surface area contributed by atoms with Gasteiger partial charge in [0, 0.05) is 7.05 Å². The highest BCUT2D eigenvalue weighted by Crippen LogP contribution is 2.19. The molecular formula is C12H18N4. The van der Waals surface area contributed by atoms with E-state index in [4.69, 9.17) is 0 Å². The van der Waals surface area contributed by atoms with Crippen molar-refractivity contribution in [3.63, 3.8) is 0 Å². The molecule has 0 bridgehead atoms. The van der Waals surface area contributed by atoms with Crippen molar-refractivity contribution in [2.24, 2.45) is 7.05 Å². The minimum Gasteiger partial charge on any atom is -0.331 e. The summed E-state index contributed by atoms with van der Waals surface area (Å²) in [7, 11) is 5.92. The van der Waals surface area contributed by atoms with Gasteiger partial charge in [0.1, 0.15) is 5.82 Å². The van der Waals surface area contributed by atoms with Gasteiger partial charge in [-0.3, -0.25) is 0 Å². The van der Waals surface area contributed by atoms with E-state index in [1.807, 2.05) is 28.1 Å². The molecule has 0 aliphatic rings. The van der Waals surface area contributed by atoms with Crippen molar-refractivity contribution >= 4 is 11.0 Å². The molecule has 0 saturated carbocycles. The fourth-order valence-electron chi connectivity index (χ4n) is 1.99. The summed E-state index contributed by atoms with van der Waals surface area (Å²) in [5.41, 5.74) is 3.43. The predicted octanol–water partition coefficient (Wildman–Crippen LogP) is 1.32. The Morgan fingerprint density at radius 2 is 1.94 bits per heavy atom. The highest BCUT2D eigenvalue weighted by molar-refractivity contribution is 5.76. The summed E-state index contributed by atoms with van der Waals surface area (Å²) in [4.78, 5) is 4.53. The highest BCUT2D eigenvalue weighted by atomic mass is 15.1. The zero-order valence-corrected chi connectivity index (χ0v) is 10.2. The molecule has 0 spiro atoms. The molecule has 0 unspecified atom stereocenters. The van der Waals surface area contributed by atoms with Crippen LogP contribution in [0.15, 0.2) is 18.2 Å². The molecule has 0 aliphatic heterocycles. The van der Waals surface area contributed by atoms with Crippen LogP contribution in [0.2, 0.25) is 0 Å². The van der Waals surface area contributed by atoms with Crippen LogP contribution in [0.25, 0.3) is 11.0 Å². The number of imidazole rings is 1. The Hall–Kier alpha value is -1.39. The summed E-state index contributed by atoms with van der Waals surface area (Å²) in [5, 5.41) is 6.42. The number of benzene rings is 1. The van der Waals surface area contributed by atoms with Gasteiger partial charge in [-0.25, -0.2) is 4.98 Å². The van der Waals surface area contributed by atoms with Crippen molar-refractivity contribution in [3.8, 4) is 0 Å². The number of nitrogens with one attached hydrogen (secondary N) is 2. The van der Waals surface area contributed by atoms with E-state index < -0.39 is 0 Å². The predicted molar refractivity (Wildman–Crippen MR) is 66.3 cm³/mol. The van der Waals surface area contributed by atoms with Crippen molar-refractivity contribution in [1.82, 2.24) is 20.2 Å². The second-order valence-electron chi connectivity index (χ2n) is 3.98. The molecule has 4 heteroatoms. The van der Waals surface area contributed by atoms with Crippen molar-refractivity contribution in [2.75, 3.05) is 14.1 Å². The Labute approximate surface area is 95.7 Å². The Morgan fingerprint density at radius 3 is 2.56 bits per heavy atom. The molecular weight excluding hydrogens is 200 g/mol. The summed E-state index contributed by atoms with van der Waals surface area (Å²) < 4.78 is 2.10. The van der Waals surface area contributed by atoms with Crippen LogP contribution in [-0.4, -0.2) is 23.6 Å². The second kappa shape index (κ2) is 4.23. The maximum Gasteiger partial charge on any atom is 0.106 e. The number of hydrogen-bond donors (Lipinski definition) is 2. The van der Waals surface area contributed by atoms with Gasteiger partial charge in [0.05, 0.1) is 17.2 Å². The quantitative estimate of drug-likeness (QED) is 0.763. The molecule has 1 heterocycles. The first kappa shape index (κ1) is 11.1. The lowest BCUT2D eigenvalue weighted by Gasteiger charge is -2.15. The van der Waals surface area contributed by atoms with Gasteiger partial charge in [0.2, 0.25) is 0 Å². The SMILES string of the molecule is CNC(NC)c1ccc2c(c1)nc(C)n2C.